The molecule has 2 N–H and O–H groups in total. The summed E-state index contributed by atoms with van der Waals surface area (Å²) >= 11 is 0. The predicted octanol–water partition coefficient (Wildman–Crippen LogP) is 2.15. The van der Waals surface area contributed by atoms with E-state index in [4.69, 9.17) is 4.74 Å². The molecule has 0 aliphatic heterocycles. The summed E-state index contributed by atoms with van der Waals surface area (Å²) < 4.78 is 35.6. The van der Waals surface area contributed by atoms with Gasteiger partial charge >= 0.3 is 5.97 Å². The lowest BCUT2D eigenvalue weighted by Gasteiger charge is -2.10. The van der Waals surface area contributed by atoms with Crippen molar-refractivity contribution in [3.8, 4) is 5.75 Å². The fourth-order valence-corrected chi connectivity index (χ4v) is 2.70. The maximum atomic E-state index is 11.6. The molecular weight excluding hydrogens is 344 g/mol. The summed E-state index contributed by atoms with van der Waals surface area (Å²) in [7, 11) is -1.85. The number of methoxy groups -OCH3 is 1. The highest BCUT2D eigenvalue weighted by Gasteiger charge is 2.13. The van der Waals surface area contributed by atoms with E-state index in [0.29, 0.717) is 12.3 Å². The van der Waals surface area contributed by atoms with Gasteiger partial charge in [-0.25, -0.2) is 17.9 Å². The smallest absolute Gasteiger partial charge is 0.343 e. The largest absolute Gasteiger partial charge is 0.482 e. The molecule has 8 heteroatoms. The Hall–Kier alpha value is -1.80. The van der Waals surface area contributed by atoms with Gasteiger partial charge in [-0.05, 0) is 38.8 Å². The third kappa shape index (κ3) is 8.74. The zero-order valence-corrected chi connectivity index (χ0v) is 15.9. The molecule has 1 aromatic rings. The predicted molar refractivity (Wildman–Crippen MR) is 98.4 cm³/mol. The number of hydrogen-bond donors (Lipinski definition) is 2. The normalized spacial score (nSPS) is 11.4. The minimum Gasteiger partial charge on any atom is -0.482 e. The number of nitrogens with one attached hydrogen (secondary N) is 2. The summed E-state index contributed by atoms with van der Waals surface area (Å²) in [4.78, 5) is 11.1. The molecule has 0 radical (unpaired) electrons. The van der Waals surface area contributed by atoms with E-state index in [1.807, 2.05) is 18.2 Å². The van der Waals surface area contributed by atoms with Gasteiger partial charge in [0.05, 0.1) is 12.4 Å². The number of benzene rings is 1. The number of unbranched alkanes of at least 4 members (excludes halogenated alkanes) is 2. The van der Waals surface area contributed by atoms with Crippen molar-refractivity contribution in [1.82, 2.24) is 4.72 Å². The van der Waals surface area contributed by atoms with Gasteiger partial charge in [0.25, 0.3) is 0 Å². The highest BCUT2D eigenvalue weighted by atomic mass is 32.2. The molecule has 0 bridgehead atoms. The summed E-state index contributed by atoms with van der Waals surface area (Å²) in [5.41, 5.74) is 0.905. The number of rotatable bonds is 12. The van der Waals surface area contributed by atoms with E-state index < -0.39 is 21.2 Å². The van der Waals surface area contributed by atoms with Crippen LogP contribution in [0.5, 0.6) is 5.75 Å². The first-order chi connectivity index (χ1) is 11.8. The quantitative estimate of drug-likeness (QED) is 0.431. The van der Waals surface area contributed by atoms with Gasteiger partial charge in [0.15, 0.2) is 6.61 Å². The highest BCUT2D eigenvalue weighted by Crippen LogP contribution is 2.17. The van der Waals surface area contributed by atoms with Gasteiger partial charge in [-0.3, -0.25) is 0 Å². The van der Waals surface area contributed by atoms with Crippen LogP contribution in [0, 0.1) is 0 Å². The van der Waals surface area contributed by atoms with Crippen LogP contribution in [0.3, 0.4) is 0 Å². The van der Waals surface area contributed by atoms with E-state index in [0.717, 1.165) is 31.5 Å². The molecule has 0 saturated carbocycles. The first-order valence-corrected chi connectivity index (χ1v) is 9.92. The Kier molecular flexibility index (Phi) is 9.30. The Morgan fingerprint density at radius 1 is 1.16 bits per heavy atom. The van der Waals surface area contributed by atoms with Crippen LogP contribution in [0.4, 0.5) is 5.69 Å². The number of sulfonamides is 1. The molecule has 0 saturated heterocycles. The van der Waals surface area contributed by atoms with Gasteiger partial charge in [0.2, 0.25) is 10.0 Å². The Labute approximate surface area is 150 Å². The molecule has 25 heavy (non-hydrogen) atoms. The van der Waals surface area contributed by atoms with Gasteiger partial charge in [-0.1, -0.05) is 12.5 Å². The lowest BCUT2D eigenvalue weighted by Crippen LogP contribution is -2.31. The minimum absolute atomic E-state index is 0.119. The zero-order chi connectivity index (χ0) is 18.7. The first-order valence-electron chi connectivity index (χ1n) is 8.37. The fraction of sp³-hybridized carbons (Fsp3) is 0.588. The van der Waals surface area contributed by atoms with Gasteiger partial charge in [0.1, 0.15) is 5.75 Å². The van der Waals surface area contributed by atoms with Crippen LogP contribution in [-0.4, -0.2) is 46.4 Å². The molecule has 0 spiro atoms. The molecular formula is C17H28N2O5S. The van der Waals surface area contributed by atoms with Crippen molar-refractivity contribution in [2.75, 3.05) is 32.1 Å². The van der Waals surface area contributed by atoms with Gasteiger partial charge in [0, 0.05) is 24.8 Å². The molecule has 1 aromatic carbocycles. The monoisotopic (exact) mass is 372 g/mol. The summed E-state index contributed by atoms with van der Waals surface area (Å²) in [6.45, 7) is 4.45. The Morgan fingerprint density at radius 2 is 1.88 bits per heavy atom. The maximum absolute atomic E-state index is 11.6. The summed E-state index contributed by atoms with van der Waals surface area (Å²) in [5.74, 6) is 0.171. The van der Waals surface area contributed by atoms with E-state index in [-0.39, 0.29) is 6.61 Å². The summed E-state index contributed by atoms with van der Waals surface area (Å²) in [6.07, 6.45) is 2.65. The SMILES string of the molecule is COC(=O)COc1cccc(NCCCCCNS(=O)(=O)C(C)C)c1. The van der Waals surface area contributed by atoms with Crippen LogP contribution in [0.2, 0.25) is 0 Å². The lowest BCUT2D eigenvalue weighted by atomic mass is 10.2. The molecule has 142 valence electrons. The van der Waals surface area contributed by atoms with Gasteiger partial charge in [-0.2, -0.15) is 0 Å². The van der Waals surface area contributed by atoms with E-state index in [2.05, 4.69) is 14.8 Å². The molecule has 0 heterocycles. The van der Waals surface area contributed by atoms with E-state index in [9.17, 15) is 13.2 Å². The number of anilines is 1. The molecule has 7 nitrogen and oxygen atoms in total. The number of carbonyl (C=O) groups excluding carboxylic acids is 1. The second-order valence-corrected chi connectivity index (χ2v) is 8.19. The molecule has 0 aliphatic rings. The van der Waals surface area contributed by atoms with Crippen molar-refractivity contribution in [3.63, 3.8) is 0 Å². The number of carbonyl (C=O) groups is 1. The van der Waals surface area contributed by atoms with Crippen LogP contribution in [0.15, 0.2) is 24.3 Å². The third-order valence-electron chi connectivity index (χ3n) is 3.52. The summed E-state index contributed by atoms with van der Waals surface area (Å²) in [5, 5.41) is 2.88. The Balaban J connectivity index is 2.21. The third-order valence-corrected chi connectivity index (χ3v) is 5.37. The maximum Gasteiger partial charge on any atom is 0.343 e. The standard InChI is InChI=1S/C17H28N2O5S/c1-14(2)25(21,22)19-11-6-4-5-10-18-15-8-7-9-16(12-15)24-13-17(20)23-3/h7-9,12,14,18-19H,4-6,10-11,13H2,1-3H3. The molecule has 0 atom stereocenters. The van der Waals surface area contributed by atoms with Gasteiger partial charge in [-0.15, -0.1) is 0 Å². The zero-order valence-electron chi connectivity index (χ0n) is 15.1. The average molecular weight is 372 g/mol. The first kappa shape index (κ1) is 21.2. The highest BCUT2D eigenvalue weighted by molar-refractivity contribution is 7.90. The van der Waals surface area contributed by atoms with Crippen LogP contribution in [0.25, 0.3) is 0 Å². The minimum atomic E-state index is -3.16. The van der Waals surface area contributed by atoms with Crippen molar-refractivity contribution < 1.29 is 22.7 Å². The van der Waals surface area contributed by atoms with Crippen LogP contribution < -0.4 is 14.8 Å². The molecule has 0 aromatic heterocycles. The van der Waals surface area contributed by atoms with E-state index >= 15 is 0 Å². The Bertz CT molecular complexity index is 632. The second-order valence-electron chi connectivity index (χ2n) is 5.87. The molecule has 1 rings (SSSR count). The van der Waals surface area contributed by atoms with Crippen molar-refractivity contribution in [3.05, 3.63) is 24.3 Å². The van der Waals surface area contributed by atoms with Crippen LogP contribution in [-0.2, 0) is 19.6 Å². The van der Waals surface area contributed by atoms with E-state index in [1.165, 1.54) is 7.11 Å². The van der Waals surface area contributed by atoms with E-state index in [1.54, 1.807) is 19.9 Å². The second kappa shape index (κ2) is 10.9. The molecule has 0 fully saturated rings. The van der Waals surface area contributed by atoms with Crippen molar-refractivity contribution in [2.24, 2.45) is 0 Å². The number of ether oxygens (including phenoxy) is 2. The van der Waals surface area contributed by atoms with Gasteiger partial charge < -0.3 is 14.8 Å². The molecule has 0 unspecified atom stereocenters. The van der Waals surface area contributed by atoms with Crippen molar-refractivity contribution in [1.29, 1.82) is 0 Å². The van der Waals surface area contributed by atoms with Crippen molar-refractivity contribution in [2.45, 2.75) is 38.4 Å². The van der Waals surface area contributed by atoms with Crippen molar-refractivity contribution >= 4 is 21.7 Å². The number of hydrogen-bond acceptors (Lipinski definition) is 6. The number of esters is 1. The molecule has 0 amide bonds. The fourth-order valence-electron chi connectivity index (χ4n) is 1.94. The van der Waals surface area contributed by atoms with Crippen LogP contribution >= 0.6 is 0 Å². The summed E-state index contributed by atoms with van der Waals surface area (Å²) in [6, 6.07) is 7.35. The average Bonchev–Trinajstić information content (AvgIpc) is 2.59. The lowest BCUT2D eigenvalue weighted by molar-refractivity contribution is -0.142. The Morgan fingerprint density at radius 3 is 2.56 bits per heavy atom. The van der Waals surface area contributed by atoms with Crippen LogP contribution in [0.1, 0.15) is 33.1 Å². The molecule has 0 aliphatic carbocycles. The topological polar surface area (TPSA) is 93.7 Å².